The van der Waals surface area contributed by atoms with Crippen LogP contribution >= 0.6 is 0 Å². The number of hydrogen-bond donors (Lipinski definition) is 1. The van der Waals surface area contributed by atoms with Crippen LogP contribution in [0.4, 0.5) is 0 Å². The third-order valence-electron chi connectivity index (χ3n) is 5.17. The Morgan fingerprint density at radius 1 is 1.10 bits per heavy atom. The van der Waals surface area contributed by atoms with Crippen LogP contribution in [0.3, 0.4) is 0 Å². The average molecular weight is 273 g/mol. The fourth-order valence-corrected chi connectivity index (χ4v) is 3.70. The molecule has 0 bridgehead atoms. The molecule has 2 heteroatoms. The molecule has 1 N–H and O–H groups in total. The zero-order valence-corrected chi connectivity index (χ0v) is 12.6. The van der Waals surface area contributed by atoms with Gasteiger partial charge in [0.1, 0.15) is 0 Å². The van der Waals surface area contributed by atoms with E-state index in [-0.39, 0.29) is 0 Å². The summed E-state index contributed by atoms with van der Waals surface area (Å²) in [6, 6.07) is 9.09. The van der Waals surface area contributed by atoms with E-state index in [0.29, 0.717) is 6.04 Å². The van der Waals surface area contributed by atoms with Crippen LogP contribution in [0.15, 0.2) is 24.3 Å². The Morgan fingerprint density at radius 2 is 1.85 bits per heavy atom. The minimum absolute atomic E-state index is 0.392. The second-order valence-electron chi connectivity index (χ2n) is 6.47. The van der Waals surface area contributed by atoms with Crippen LogP contribution in [0.1, 0.15) is 56.2 Å². The summed E-state index contributed by atoms with van der Waals surface area (Å²) in [4.78, 5) is 0. The molecule has 1 aliphatic heterocycles. The summed E-state index contributed by atoms with van der Waals surface area (Å²) >= 11 is 0. The van der Waals surface area contributed by atoms with Gasteiger partial charge in [0.25, 0.3) is 0 Å². The topological polar surface area (TPSA) is 21.3 Å². The van der Waals surface area contributed by atoms with Gasteiger partial charge in [-0.05, 0) is 42.3 Å². The van der Waals surface area contributed by atoms with Crippen molar-refractivity contribution in [2.75, 3.05) is 13.2 Å². The zero-order chi connectivity index (χ0) is 13.8. The van der Waals surface area contributed by atoms with E-state index in [9.17, 15) is 0 Å². The molecule has 1 aromatic carbocycles. The van der Waals surface area contributed by atoms with Crippen molar-refractivity contribution in [3.8, 4) is 0 Å². The summed E-state index contributed by atoms with van der Waals surface area (Å²) in [6.45, 7) is 5.08. The zero-order valence-electron chi connectivity index (χ0n) is 12.6. The molecule has 1 aromatic rings. The maximum atomic E-state index is 5.72. The first kappa shape index (κ1) is 14.1. The molecular formula is C18H27NO. The quantitative estimate of drug-likeness (QED) is 0.893. The molecule has 0 spiro atoms. The highest BCUT2D eigenvalue weighted by Crippen LogP contribution is 2.31. The summed E-state index contributed by atoms with van der Waals surface area (Å²) in [7, 11) is 0. The fourth-order valence-electron chi connectivity index (χ4n) is 3.70. The number of benzene rings is 1. The molecule has 20 heavy (non-hydrogen) atoms. The number of ether oxygens (including phenoxy) is 1. The Labute approximate surface area is 122 Å². The first-order chi connectivity index (χ1) is 9.86. The lowest BCUT2D eigenvalue weighted by Crippen LogP contribution is -2.34. The molecule has 1 saturated carbocycles. The lowest BCUT2D eigenvalue weighted by atomic mass is 9.81. The van der Waals surface area contributed by atoms with Crippen molar-refractivity contribution in [2.24, 2.45) is 11.8 Å². The Bertz CT molecular complexity index is 423. The van der Waals surface area contributed by atoms with Gasteiger partial charge in [-0.3, -0.25) is 0 Å². The van der Waals surface area contributed by atoms with E-state index in [2.05, 4.69) is 36.5 Å². The van der Waals surface area contributed by atoms with E-state index in [0.717, 1.165) is 31.6 Å². The summed E-state index contributed by atoms with van der Waals surface area (Å²) in [6.07, 6.45) is 7.03. The molecule has 0 saturated heterocycles. The summed E-state index contributed by atoms with van der Waals surface area (Å²) in [5, 5.41) is 3.76. The predicted octanol–water partition coefficient (Wildman–Crippen LogP) is 4.06. The van der Waals surface area contributed by atoms with Gasteiger partial charge in [0.05, 0.1) is 19.3 Å². The molecule has 1 heterocycles. The van der Waals surface area contributed by atoms with Crippen molar-refractivity contribution < 1.29 is 4.74 Å². The van der Waals surface area contributed by atoms with E-state index in [1.165, 1.54) is 43.2 Å². The molecule has 1 unspecified atom stereocenters. The van der Waals surface area contributed by atoms with Gasteiger partial charge in [-0.25, -0.2) is 0 Å². The van der Waals surface area contributed by atoms with E-state index < -0.39 is 0 Å². The normalized spacial score (nSPS) is 29.9. The first-order valence-corrected chi connectivity index (χ1v) is 8.25. The molecule has 3 rings (SSSR count). The van der Waals surface area contributed by atoms with Gasteiger partial charge < -0.3 is 10.1 Å². The van der Waals surface area contributed by atoms with Crippen molar-refractivity contribution >= 4 is 0 Å². The Morgan fingerprint density at radius 3 is 2.65 bits per heavy atom. The van der Waals surface area contributed by atoms with Gasteiger partial charge in [-0.2, -0.15) is 0 Å². The molecule has 0 aromatic heterocycles. The standard InChI is InChI=1S/C18H27NO/c1-2-14-7-9-15(10-8-14)11-19-18-13-20-12-16-5-3-4-6-17(16)18/h3-6,14-15,18-19H,2,7-13H2,1H3. The number of nitrogens with one attached hydrogen (secondary N) is 1. The van der Waals surface area contributed by atoms with Crippen molar-refractivity contribution in [1.29, 1.82) is 0 Å². The second kappa shape index (κ2) is 6.73. The minimum Gasteiger partial charge on any atom is -0.375 e. The Hall–Kier alpha value is -0.860. The molecule has 2 aliphatic rings. The number of rotatable bonds is 4. The maximum absolute atomic E-state index is 5.72. The monoisotopic (exact) mass is 273 g/mol. The van der Waals surface area contributed by atoms with Gasteiger partial charge in [0.15, 0.2) is 0 Å². The molecule has 0 radical (unpaired) electrons. The highest BCUT2D eigenvalue weighted by Gasteiger charge is 2.23. The lowest BCUT2D eigenvalue weighted by molar-refractivity contribution is 0.0797. The molecule has 1 aliphatic carbocycles. The van der Waals surface area contributed by atoms with E-state index in [1.807, 2.05) is 0 Å². The molecule has 0 amide bonds. The van der Waals surface area contributed by atoms with Gasteiger partial charge in [-0.1, -0.05) is 50.5 Å². The summed E-state index contributed by atoms with van der Waals surface area (Å²) < 4.78 is 5.72. The second-order valence-corrected chi connectivity index (χ2v) is 6.47. The van der Waals surface area contributed by atoms with Crippen molar-refractivity contribution in [3.63, 3.8) is 0 Å². The highest BCUT2D eigenvalue weighted by molar-refractivity contribution is 5.31. The van der Waals surface area contributed by atoms with E-state index in [1.54, 1.807) is 0 Å². The van der Waals surface area contributed by atoms with E-state index >= 15 is 0 Å². The first-order valence-electron chi connectivity index (χ1n) is 8.25. The van der Waals surface area contributed by atoms with Crippen LogP contribution in [-0.2, 0) is 11.3 Å². The minimum atomic E-state index is 0.392. The molecule has 1 fully saturated rings. The molecule has 1 atom stereocenters. The predicted molar refractivity (Wildman–Crippen MR) is 82.6 cm³/mol. The Balaban J connectivity index is 1.52. The van der Waals surface area contributed by atoms with Gasteiger partial charge in [0, 0.05) is 0 Å². The lowest BCUT2D eigenvalue weighted by Gasteiger charge is -2.31. The SMILES string of the molecule is CCC1CCC(CNC2COCc3ccccc32)CC1. The fraction of sp³-hybridized carbons (Fsp3) is 0.667. The van der Waals surface area contributed by atoms with Gasteiger partial charge in [0.2, 0.25) is 0 Å². The summed E-state index contributed by atoms with van der Waals surface area (Å²) in [5.41, 5.74) is 2.80. The van der Waals surface area contributed by atoms with Crippen LogP contribution in [0.5, 0.6) is 0 Å². The third kappa shape index (κ3) is 3.24. The molecule has 2 nitrogen and oxygen atoms in total. The molecule has 110 valence electrons. The molecular weight excluding hydrogens is 246 g/mol. The summed E-state index contributed by atoms with van der Waals surface area (Å²) in [5.74, 6) is 1.86. The smallest absolute Gasteiger partial charge is 0.0721 e. The highest BCUT2D eigenvalue weighted by atomic mass is 16.5. The number of fused-ring (bicyclic) bond motifs is 1. The largest absolute Gasteiger partial charge is 0.375 e. The Kier molecular flexibility index (Phi) is 4.74. The third-order valence-corrected chi connectivity index (χ3v) is 5.17. The van der Waals surface area contributed by atoms with Crippen molar-refractivity contribution in [3.05, 3.63) is 35.4 Å². The van der Waals surface area contributed by atoms with E-state index in [4.69, 9.17) is 4.74 Å². The van der Waals surface area contributed by atoms with Crippen LogP contribution < -0.4 is 5.32 Å². The van der Waals surface area contributed by atoms with Crippen molar-refractivity contribution in [1.82, 2.24) is 5.32 Å². The maximum Gasteiger partial charge on any atom is 0.0721 e. The van der Waals surface area contributed by atoms with Crippen molar-refractivity contribution in [2.45, 2.75) is 51.7 Å². The van der Waals surface area contributed by atoms with Gasteiger partial charge >= 0.3 is 0 Å². The van der Waals surface area contributed by atoms with Gasteiger partial charge in [-0.15, -0.1) is 0 Å². The number of hydrogen-bond acceptors (Lipinski definition) is 2. The van der Waals surface area contributed by atoms with Crippen LogP contribution in [0.2, 0.25) is 0 Å². The van der Waals surface area contributed by atoms with Crippen LogP contribution in [0.25, 0.3) is 0 Å². The van der Waals surface area contributed by atoms with Crippen LogP contribution in [-0.4, -0.2) is 13.2 Å². The average Bonchev–Trinajstić information content (AvgIpc) is 2.53. The van der Waals surface area contributed by atoms with Crippen LogP contribution in [0, 0.1) is 11.8 Å².